The zero-order valence-corrected chi connectivity index (χ0v) is 44.6. The van der Waals surface area contributed by atoms with E-state index in [9.17, 15) is 14.4 Å². The number of ether oxygens (including phenoxy) is 3. The monoisotopic (exact) mass is 947 g/mol. The molecule has 0 aromatic heterocycles. The molecule has 0 bridgehead atoms. The Balaban J connectivity index is 4.43. The van der Waals surface area contributed by atoms with Crippen molar-refractivity contribution < 1.29 is 28.6 Å². The van der Waals surface area contributed by atoms with Gasteiger partial charge in [0.05, 0.1) is 0 Å². The first-order valence-corrected chi connectivity index (χ1v) is 28.6. The molecular weight excluding hydrogens is 841 g/mol. The van der Waals surface area contributed by atoms with Crippen LogP contribution in [-0.4, -0.2) is 37.2 Å². The van der Waals surface area contributed by atoms with Crippen LogP contribution < -0.4 is 0 Å². The molecule has 0 aliphatic rings. The van der Waals surface area contributed by atoms with Crippen molar-refractivity contribution in [3.63, 3.8) is 0 Å². The largest absolute Gasteiger partial charge is 0.462 e. The van der Waals surface area contributed by atoms with E-state index in [4.69, 9.17) is 14.2 Å². The number of esters is 3. The minimum absolute atomic E-state index is 0.0905. The molecule has 390 valence electrons. The summed E-state index contributed by atoms with van der Waals surface area (Å²) in [6, 6.07) is 0. The highest BCUT2D eigenvalue weighted by Gasteiger charge is 2.19. The molecule has 6 heteroatoms. The quantitative estimate of drug-likeness (QED) is 0.0262. The molecule has 0 saturated carbocycles. The number of carbonyl (C=O) groups is 3. The molecule has 0 fully saturated rings. The highest BCUT2D eigenvalue weighted by atomic mass is 16.6. The third kappa shape index (κ3) is 53.5. The topological polar surface area (TPSA) is 78.9 Å². The van der Waals surface area contributed by atoms with Crippen LogP contribution in [0.25, 0.3) is 0 Å². The zero-order valence-electron chi connectivity index (χ0n) is 44.6. The van der Waals surface area contributed by atoms with Crippen LogP contribution in [0.2, 0.25) is 0 Å². The standard InChI is InChI=1S/C62H106O6/c1-4-7-10-13-16-19-22-25-28-30-32-34-37-40-43-46-49-52-55-61(64)67-58-59(57-66-60(63)54-51-48-45-42-39-36-33-27-24-21-18-15-12-9-6-3)68-62(65)56-53-50-47-44-41-38-35-31-29-26-23-20-17-14-11-8-5-2/h8-9,11-12,17-18,20-21,26-27,29,33,35,38,59H,4-7,10,13-16,19,22-25,28,30-32,34,36-37,39-58H2,1-3H3/b11-8-,12-9-,20-17-,21-18-,29-26-,33-27-,38-35-. The van der Waals surface area contributed by atoms with Gasteiger partial charge in [-0.2, -0.15) is 0 Å². The third-order valence-electron chi connectivity index (χ3n) is 12.1. The van der Waals surface area contributed by atoms with Gasteiger partial charge >= 0.3 is 17.9 Å². The summed E-state index contributed by atoms with van der Waals surface area (Å²) in [5.74, 6) is -0.925. The molecule has 0 saturated heterocycles. The summed E-state index contributed by atoms with van der Waals surface area (Å²) in [6.07, 6.45) is 72.9. The SMILES string of the molecule is CC/C=C\C/C=C\C/C=C\C/C=C\CCCCCCC(=O)OC(COC(=O)CCCCCCC/C=C\C/C=C\C/C=C\CC)COC(=O)CCCCCCCCCCCCCCCCCCCC. The summed E-state index contributed by atoms with van der Waals surface area (Å²) in [6.45, 7) is 6.40. The molecule has 0 rings (SSSR count). The molecule has 0 aromatic rings. The predicted molar refractivity (Wildman–Crippen MR) is 293 cm³/mol. The molecular formula is C62H106O6. The summed E-state index contributed by atoms with van der Waals surface area (Å²) in [5, 5.41) is 0. The lowest BCUT2D eigenvalue weighted by Gasteiger charge is -2.18. The van der Waals surface area contributed by atoms with E-state index in [2.05, 4.69) is 106 Å². The molecule has 1 unspecified atom stereocenters. The van der Waals surface area contributed by atoms with E-state index in [1.165, 1.54) is 96.3 Å². The van der Waals surface area contributed by atoms with Gasteiger partial charge in [0.2, 0.25) is 0 Å². The van der Waals surface area contributed by atoms with E-state index in [1.54, 1.807) is 0 Å². The first-order valence-electron chi connectivity index (χ1n) is 28.6. The summed E-state index contributed by atoms with van der Waals surface area (Å²) in [7, 11) is 0. The summed E-state index contributed by atoms with van der Waals surface area (Å²) < 4.78 is 16.8. The first kappa shape index (κ1) is 64.6. The van der Waals surface area contributed by atoms with Crippen LogP contribution in [0.3, 0.4) is 0 Å². The maximum Gasteiger partial charge on any atom is 0.306 e. The van der Waals surface area contributed by atoms with Gasteiger partial charge in [0, 0.05) is 19.3 Å². The lowest BCUT2D eigenvalue weighted by Crippen LogP contribution is -2.30. The lowest BCUT2D eigenvalue weighted by molar-refractivity contribution is -0.167. The summed E-state index contributed by atoms with van der Waals surface area (Å²) in [4.78, 5) is 38.2. The fraction of sp³-hybridized carbons (Fsp3) is 0.726. The molecule has 0 heterocycles. The van der Waals surface area contributed by atoms with Crippen molar-refractivity contribution in [2.24, 2.45) is 0 Å². The second kappa shape index (κ2) is 56.2. The van der Waals surface area contributed by atoms with E-state index in [1.807, 2.05) is 0 Å². The smallest absolute Gasteiger partial charge is 0.306 e. The highest BCUT2D eigenvalue weighted by Crippen LogP contribution is 2.16. The van der Waals surface area contributed by atoms with Gasteiger partial charge in [-0.25, -0.2) is 0 Å². The number of hydrogen-bond acceptors (Lipinski definition) is 6. The molecule has 1 atom stereocenters. The predicted octanol–water partition coefficient (Wildman–Crippen LogP) is 19.2. The van der Waals surface area contributed by atoms with Crippen molar-refractivity contribution in [2.45, 2.75) is 277 Å². The Kier molecular flexibility index (Phi) is 53.4. The van der Waals surface area contributed by atoms with Gasteiger partial charge in [-0.1, -0.05) is 247 Å². The normalized spacial score (nSPS) is 12.7. The maximum atomic E-state index is 12.8. The van der Waals surface area contributed by atoms with Crippen molar-refractivity contribution in [3.05, 3.63) is 85.1 Å². The van der Waals surface area contributed by atoms with Crippen molar-refractivity contribution in [2.75, 3.05) is 13.2 Å². The number of allylic oxidation sites excluding steroid dienone is 14. The van der Waals surface area contributed by atoms with E-state index in [0.29, 0.717) is 19.3 Å². The lowest BCUT2D eigenvalue weighted by atomic mass is 10.0. The van der Waals surface area contributed by atoms with E-state index in [0.717, 1.165) is 135 Å². The molecule has 0 amide bonds. The van der Waals surface area contributed by atoms with Crippen molar-refractivity contribution in [1.29, 1.82) is 0 Å². The van der Waals surface area contributed by atoms with Crippen LogP contribution in [-0.2, 0) is 28.6 Å². The summed E-state index contributed by atoms with van der Waals surface area (Å²) >= 11 is 0. The Bertz CT molecular complexity index is 1320. The Hall–Kier alpha value is -3.41. The van der Waals surface area contributed by atoms with Crippen LogP contribution >= 0.6 is 0 Å². The Morgan fingerprint density at radius 1 is 0.309 bits per heavy atom. The van der Waals surface area contributed by atoms with Crippen LogP contribution in [0.15, 0.2) is 85.1 Å². The number of carbonyl (C=O) groups excluding carboxylic acids is 3. The number of rotatable bonds is 51. The average molecular weight is 948 g/mol. The van der Waals surface area contributed by atoms with Gasteiger partial charge in [0.15, 0.2) is 6.10 Å². The molecule has 68 heavy (non-hydrogen) atoms. The van der Waals surface area contributed by atoms with Gasteiger partial charge in [-0.15, -0.1) is 0 Å². The second-order valence-corrected chi connectivity index (χ2v) is 18.8. The van der Waals surface area contributed by atoms with E-state index >= 15 is 0 Å². The van der Waals surface area contributed by atoms with Crippen molar-refractivity contribution >= 4 is 17.9 Å². The minimum atomic E-state index is -0.796. The van der Waals surface area contributed by atoms with Crippen LogP contribution in [0.5, 0.6) is 0 Å². The maximum absolute atomic E-state index is 12.8. The molecule has 0 aliphatic heterocycles. The van der Waals surface area contributed by atoms with Gasteiger partial charge in [-0.3, -0.25) is 14.4 Å². The van der Waals surface area contributed by atoms with Crippen LogP contribution in [0.4, 0.5) is 0 Å². The van der Waals surface area contributed by atoms with Crippen LogP contribution in [0, 0.1) is 0 Å². The summed E-state index contributed by atoms with van der Waals surface area (Å²) in [5.41, 5.74) is 0. The third-order valence-corrected chi connectivity index (χ3v) is 12.1. The first-order chi connectivity index (χ1) is 33.5. The second-order valence-electron chi connectivity index (χ2n) is 18.8. The average Bonchev–Trinajstić information content (AvgIpc) is 3.34. The Morgan fingerprint density at radius 2 is 0.574 bits per heavy atom. The highest BCUT2D eigenvalue weighted by molar-refractivity contribution is 5.71. The molecule has 0 aromatic carbocycles. The zero-order chi connectivity index (χ0) is 49.3. The van der Waals surface area contributed by atoms with E-state index < -0.39 is 6.10 Å². The van der Waals surface area contributed by atoms with Gasteiger partial charge in [0.1, 0.15) is 13.2 Å². The van der Waals surface area contributed by atoms with Gasteiger partial charge < -0.3 is 14.2 Å². The number of unbranched alkanes of at least 4 members (excludes halogenated alkanes) is 26. The minimum Gasteiger partial charge on any atom is -0.462 e. The molecule has 0 N–H and O–H groups in total. The fourth-order valence-electron chi connectivity index (χ4n) is 7.92. The molecule has 6 nitrogen and oxygen atoms in total. The van der Waals surface area contributed by atoms with Gasteiger partial charge in [0.25, 0.3) is 0 Å². The van der Waals surface area contributed by atoms with Crippen LogP contribution in [0.1, 0.15) is 271 Å². The van der Waals surface area contributed by atoms with Crippen molar-refractivity contribution in [3.8, 4) is 0 Å². The Morgan fingerprint density at radius 3 is 0.897 bits per heavy atom. The van der Waals surface area contributed by atoms with Gasteiger partial charge in [-0.05, 0) is 89.9 Å². The molecule has 0 spiro atoms. The molecule has 0 aliphatic carbocycles. The fourth-order valence-corrected chi connectivity index (χ4v) is 7.92. The number of hydrogen-bond donors (Lipinski definition) is 0. The van der Waals surface area contributed by atoms with E-state index in [-0.39, 0.29) is 31.1 Å². The molecule has 0 radical (unpaired) electrons. The Labute approximate surface area is 420 Å². The van der Waals surface area contributed by atoms with Crippen molar-refractivity contribution in [1.82, 2.24) is 0 Å².